The second-order valence-corrected chi connectivity index (χ2v) is 10.00. The summed E-state index contributed by atoms with van der Waals surface area (Å²) in [5, 5.41) is 7.02. The first-order valence-corrected chi connectivity index (χ1v) is 11.8. The van der Waals surface area contributed by atoms with Crippen molar-refractivity contribution in [1.29, 1.82) is 0 Å². The van der Waals surface area contributed by atoms with Crippen LogP contribution >= 0.6 is 0 Å². The molecule has 1 amide bonds. The number of quaternary nitrogens is 1. The zero-order valence-electron chi connectivity index (χ0n) is 18.2. The van der Waals surface area contributed by atoms with Crippen LogP contribution in [-0.2, 0) is 4.79 Å². The van der Waals surface area contributed by atoms with Crippen LogP contribution in [0.2, 0.25) is 0 Å². The number of nitrogens with zero attached hydrogens (tertiary/aromatic N) is 2. The summed E-state index contributed by atoms with van der Waals surface area (Å²) < 4.78 is 1.14. The minimum absolute atomic E-state index is 0.108. The molecule has 4 saturated heterocycles. The van der Waals surface area contributed by atoms with E-state index in [4.69, 9.17) is 0 Å². The summed E-state index contributed by atoms with van der Waals surface area (Å²) in [6.07, 6.45) is 6.90. The van der Waals surface area contributed by atoms with Crippen molar-refractivity contribution in [2.75, 3.05) is 44.2 Å². The largest absolute Gasteiger partial charge is 0.317 e. The highest BCUT2D eigenvalue weighted by atomic mass is 16.2. The molecule has 0 aliphatic carbocycles. The molecule has 5 nitrogen and oxygen atoms in total. The summed E-state index contributed by atoms with van der Waals surface area (Å²) >= 11 is 0. The van der Waals surface area contributed by atoms with Crippen LogP contribution in [0.4, 0.5) is 11.4 Å². The Labute approximate surface area is 175 Å². The molecule has 0 radical (unpaired) electrons. The van der Waals surface area contributed by atoms with Crippen molar-refractivity contribution >= 4 is 17.3 Å². The Morgan fingerprint density at radius 3 is 2.59 bits per heavy atom. The molecule has 5 rings (SSSR count). The van der Waals surface area contributed by atoms with Gasteiger partial charge in [0, 0.05) is 56.7 Å². The van der Waals surface area contributed by atoms with Crippen LogP contribution in [0.1, 0.15) is 51.0 Å². The van der Waals surface area contributed by atoms with E-state index in [2.05, 4.69) is 47.6 Å². The average Bonchev–Trinajstić information content (AvgIpc) is 3.45. The highest BCUT2D eigenvalue weighted by molar-refractivity contribution is 6.00. The Hall–Kier alpha value is -1.43. The molecule has 0 bridgehead atoms. The topological polar surface area (TPSA) is 44.4 Å². The van der Waals surface area contributed by atoms with Crippen molar-refractivity contribution in [3.05, 3.63) is 23.8 Å². The zero-order chi connectivity index (χ0) is 20.1. The van der Waals surface area contributed by atoms with Gasteiger partial charge in [0.2, 0.25) is 5.91 Å². The maximum atomic E-state index is 13.4. The summed E-state index contributed by atoms with van der Waals surface area (Å²) in [5.74, 6) is 0.369. The lowest BCUT2D eigenvalue weighted by Gasteiger charge is -2.43. The number of benzene rings is 1. The Balaban J connectivity index is 1.45. The highest BCUT2D eigenvalue weighted by Crippen LogP contribution is 2.44. The molecular weight excluding hydrogens is 360 g/mol. The molecule has 3 atom stereocenters. The summed E-state index contributed by atoms with van der Waals surface area (Å²) in [7, 11) is 0. The fraction of sp³-hybridized carbons (Fsp3) is 0.708. The summed E-state index contributed by atoms with van der Waals surface area (Å²) in [4.78, 5) is 15.5. The number of carbonyl (C=O) groups excluding carboxylic acids is 1. The number of hydrogen-bond donors (Lipinski definition) is 2. The van der Waals surface area contributed by atoms with E-state index < -0.39 is 0 Å². The van der Waals surface area contributed by atoms with Gasteiger partial charge in [-0.2, -0.15) is 0 Å². The third-order valence-electron chi connectivity index (χ3n) is 8.65. The summed E-state index contributed by atoms with van der Waals surface area (Å²) in [5.41, 5.74) is 3.77. The van der Waals surface area contributed by atoms with E-state index >= 15 is 0 Å². The Morgan fingerprint density at radius 1 is 1.10 bits per heavy atom. The molecule has 1 aromatic carbocycles. The first-order valence-electron chi connectivity index (χ1n) is 11.8. The van der Waals surface area contributed by atoms with Crippen molar-refractivity contribution in [2.24, 2.45) is 5.41 Å². The lowest BCUT2D eigenvalue weighted by Crippen LogP contribution is -2.59. The molecule has 1 spiro atoms. The fourth-order valence-corrected chi connectivity index (χ4v) is 6.89. The number of carbonyl (C=O) groups is 1. The van der Waals surface area contributed by atoms with E-state index in [0.29, 0.717) is 18.0 Å². The average molecular weight is 398 g/mol. The van der Waals surface area contributed by atoms with E-state index in [9.17, 15) is 4.79 Å². The molecule has 1 unspecified atom stereocenters. The Kier molecular flexibility index (Phi) is 4.96. The van der Waals surface area contributed by atoms with Crippen LogP contribution in [0, 0.1) is 12.3 Å². The monoisotopic (exact) mass is 397 g/mol. The number of nitrogens with one attached hydrogen (secondary N) is 2. The lowest BCUT2D eigenvalue weighted by molar-refractivity contribution is -0.126. The van der Waals surface area contributed by atoms with Crippen LogP contribution in [0.5, 0.6) is 0 Å². The molecule has 158 valence electrons. The van der Waals surface area contributed by atoms with Crippen molar-refractivity contribution < 1.29 is 4.79 Å². The smallest absolute Gasteiger partial charge is 0.233 e. The van der Waals surface area contributed by atoms with Crippen LogP contribution in [0.3, 0.4) is 0 Å². The summed E-state index contributed by atoms with van der Waals surface area (Å²) in [6, 6.07) is 8.39. The number of amides is 1. The Morgan fingerprint density at radius 2 is 1.93 bits per heavy atom. The molecule has 1 aromatic rings. The van der Waals surface area contributed by atoms with Crippen LogP contribution in [0.15, 0.2) is 18.2 Å². The van der Waals surface area contributed by atoms with Gasteiger partial charge in [0.1, 0.15) is 11.7 Å². The van der Waals surface area contributed by atoms with Gasteiger partial charge in [-0.3, -0.25) is 9.28 Å². The number of hydrogen-bond acceptors (Lipinski definition) is 3. The van der Waals surface area contributed by atoms with Gasteiger partial charge in [-0.1, -0.05) is 0 Å². The van der Waals surface area contributed by atoms with Crippen molar-refractivity contribution in [3.63, 3.8) is 0 Å². The molecule has 5 heteroatoms. The minimum atomic E-state index is -0.108. The first-order chi connectivity index (χ1) is 14.1. The molecule has 4 aliphatic heterocycles. The predicted octanol–water partition coefficient (Wildman–Crippen LogP) is 2.95. The molecular formula is C24H37N4O+. The van der Waals surface area contributed by atoms with Gasteiger partial charge in [-0.25, -0.2) is 0 Å². The predicted molar refractivity (Wildman–Crippen MR) is 119 cm³/mol. The highest BCUT2D eigenvalue weighted by Gasteiger charge is 2.49. The number of likely N-dealkylation sites (tertiary alicyclic amines) is 1. The first kappa shape index (κ1) is 19.5. The van der Waals surface area contributed by atoms with E-state index in [1.165, 1.54) is 37.1 Å². The van der Waals surface area contributed by atoms with Crippen molar-refractivity contribution in [2.45, 2.75) is 64.5 Å². The molecule has 4 aliphatic rings. The van der Waals surface area contributed by atoms with Crippen molar-refractivity contribution in [1.82, 2.24) is 15.1 Å². The molecule has 29 heavy (non-hydrogen) atoms. The third-order valence-corrected chi connectivity index (χ3v) is 8.65. The second kappa shape index (κ2) is 7.36. The SMILES string of the molecule is Cc1cc([N+]2([C@H]3CCNC3)CCC[C@H]2C)ccc1N1CCC2(CCNCC2)C1=O. The van der Waals surface area contributed by atoms with Gasteiger partial charge >= 0.3 is 0 Å². The maximum absolute atomic E-state index is 13.4. The third kappa shape index (κ3) is 2.96. The quantitative estimate of drug-likeness (QED) is 0.771. The van der Waals surface area contributed by atoms with Gasteiger partial charge in [0.25, 0.3) is 0 Å². The number of aryl methyl sites for hydroxylation is 1. The Bertz CT molecular complexity index is 781. The molecule has 0 aromatic heterocycles. The van der Waals surface area contributed by atoms with Gasteiger partial charge in [-0.05, 0) is 57.8 Å². The number of rotatable bonds is 3. The summed E-state index contributed by atoms with van der Waals surface area (Å²) in [6.45, 7) is 11.0. The standard InChI is InChI=1S/C24H37N4O/c1-18-16-20(28(15-3-4-19(28)2)21-7-11-26-17-21)5-6-22(18)27-14-10-24(23(27)29)8-12-25-13-9-24/h5-6,16,19,21,25-26H,3-4,7-15,17H2,1-2H3/q+1/t19-,21+,28?/m1/s1. The fourth-order valence-electron chi connectivity index (χ4n) is 6.89. The van der Waals surface area contributed by atoms with Crippen LogP contribution in [0.25, 0.3) is 0 Å². The van der Waals surface area contributed by atoms with E-state index in [0.717, 1.165) is 62.2 Å². The van der Waals surface area contributed by atoms with E-state index in [1.54, 1.807) is 0 Å². The number of piperidine rings is 1. The van der Waals surface area contributed by atoms with Gasteiger partial charge in [0.05, 0.1) is 18.0 Å². The van der Waals surface area contributed by atoms with E-state index in [1.807, 2.05) is 0 Å². The molecule has 4 heterocycles. The number of anilines is 1. The lowest BCUT2D eigenvalue weighted by atomic mass is 9.77. The van der Waals surface area contributed by atoms with E-state index in [-0.39, 0.29) is 5.41 Å². The van der Waals surface area contributed by atoms with Gasteiger partial charge < -0.3 is 15.5 Å². The van der Waals surface area contributed by atoms with Gasteiger partial charge in [-0.15, -0.1) is 0 Å². The minimum Gasteiger partial charge on any atom is -0.317 e. The second-order valence-electron chi connectivity index (χ2n) is 10.00. The van der Waals surface area contributed by atoms with Gasteiger partial charge in [0.15, 0.2) is 0 Å². The molecule has 0 saturated carbocycles. The van der Waals surface area contributed by atoms with Crippen LogP contribution in [-0.4, -0.2) is 57.3 Å². The molecule has 2 N–H and O–H groups in total. The van der Waals surface area contributed by atoms with Crippen LogP contribution < -0.4 is 20.0 Å². The molecule has 4 fully saturated rings. The van der Waals surface area contributed by atoms with Crippen molar-refractivity contribution in [3.8, 4) is 0 Å². The zero-order valence-corrected chi connectivity index (χ0v) is 18.2. The normalized spacial score (nSPS) is 34.4. The maximum Gasteiger partial charge on any atom is 0.233 e.